The Morgan fingerprint density at radius 1 is 1.14 bits per heavy atom. The molecule has 4 nitrogen and oxygen atoms in total. The third-order valence-electron chi connectivity index (χ3n) is 3.45. The molecule has 0 amide bonds. The molecule has 108 valence electrons. The minimum atomic E-state index is 0. The Balaban J connectivity index is 0.00000161. The maximum absolute atomic E-state index is 5.51. The minimum Gasteiger partial charge on any atom is -0.369 e. The molecule has 21 heavy (non-hydrogen) atoms. The van der Waals surface area contributed by atoms with Crippen LogP contribution < -0.4 is 11.2 Å². The van der Waals surface area contributed by atoms with E-state index in [2.05, 4.69) is 58.0 Å². The molecule has 3 rings (SSSR count). The predicted octanol–water partition coefficient (Wildman–Crippen LogP) is 2.55. The average molecular weight is 301 g/mol. The first-order chi connectivity index (χ1) is 9.78. The van der Waals surface area contributed by atoms with Crippen molar-refractivity contribution in [2.24, 2.45) is 15.8 Å². The lowest BCUT2D eigenvalue weighted by Crippen LogP contribution is -2.26. The van der Waals surface area contributed by atoms with Crippen LogP contribution in [0.3, 0.4) is 0 Å². The molecule has 0 aliphatic heterocycles. The van der Waals surface area contributed by atoms with Gasteiger partial charge in [-0.1, -0.05) is 36.4 Å². The number of guanidine groups is 1. The number of hydrazone groups is 1. The number of halogens is 1. The molecule has 0 bridgehead atoms. The molecule has 2 aromatic carbocycles. The summed E-state index contributed by atoms with van der Waals surface area (Å²) in [5.74, 6) is 0.301. The van der Waals surface area contributed by atoms with Gasteiger partial charge in [0.15, 0.2) is 0 Å². The number of hydrogen-bond acceptors (Lipinski definition) is 2. The smallest absolute Gasteiger partial charge is 0.209 e. The molecule has 0 saturated heterocycles. The van der Waals surface area contributed by atoms with Crippen LogP contribution in [0.4, 0.5) is 0 Å². The Hall–Kier alpha value is -2.33. The quantitative estimate of drug-likeness (QED) is 0.434. The van der Waals surface area contributed by atoms with Crippen LogP contribution in [0.1, 0.15) is 16.7 Å². The summed E-state index contributed by atoms with van der Waals surface area (Å²) in [6.07, 6.45) is 2.74. The maximum atomic E-state index is 5.51. The highest BCUT2D eigenvalue weighted by molar-refractivity contribution is 5.86. The Bertz CT molecular complexity index is 707. The van der Waals surface area contributed by atoms with Crippen molar-refractivity contribution in [3.63, 3.8) is 0 Å². The van der Waals surface area contributed by atoms with Crippen LogP contribution in [-0.2, 0) is 6.42 Å². The van der Waals surface area contributed by atoms with Crippen LogP contribution >= 0.6 is 12.4 Å². The summed E-state index contributed by atoms with van der Waals surface area (Å²) in [6.45, 7) is 0. The number of rotatable bonds is 2. The van der Waals surface area contributed by atoms with Gasteiger partial charge in [0.05, 0.1) is 6.21 Å². The van der Waals surface area contributed by atoms with Gasteiger partial charge < -0.3 is 5.73 Å². The number of nitrogens with two attached hydrogens (primary N) is 1. The zero-order valence-electron chi connectivity index (χ0n) is 11.7. The molecule has 0 heterocycles. The minimum absolute atomic E-state index is 0. The fourth-order valence-electron chi connectivity index (χ4n) is 2.47. The lowest BCUT2D eigenvalue weighted by molar-refractivity contribution is 1.01. The highest BCUT2D eigenvalue weighted by atomic mass is 35.5. The molecule has 3 N–H and O–H groups in total. The van der Waals surface area contributed by atoms with Gasteiger partial charge >= 0.3 is 0 Å². The molecule has 0 spiro atoms. The Morgan fingerprint density at radius 2 is 1.90 bits per heavy atom. The van der Waals surface area contributed by atoms with Crippen LogP contribution in [0.2, 0.25) is 0 Å². The maximum Gasteiger partial charge on any atom is 0.209 e. The third kappa shape index (κ3) is 3.06. The van der Waals surface area contributed by atoms with E-state index in [1.165, 1.54) is 22.3 Å². The Kier molecular flexibility index (Phi) is 4.60. The zero-order chi connectivity index (χ0) is 13.9. The first-order valence-corrected chi connectivity index (χ1v) is 6.50. The second-order valence-electron chi connectivity index (χ2n) is 4.73. The molecule has 0 aromatic heterocycles. The molecule has 1 aliphatic carbocycles. The average Bonchev–Trinajstić information content (AvgIpc) is 2.84. The molecule has 1 aliphatic rings. The summed E-state index contributed by atoms with van der Waals surface area (Å²) in [6, 6.07) is 14.9. The van der Waals surface area contributed by atoms with E-state index in [1.807, 2.05) is 0 Å². The van der Waals surface area contributed by atoms with E-state index in [1.54, 1.807) is 13.3 Å². The molecule has 2 aromatic rings. The van der Waals surface area contributed by atoms with Crippen molar-refractivity contribution in [1.82, 2.24) is 5.43 Å². The summed E-state index contributed by atoms with van der Waals surface area (Å²) in [7, 11) is 1.62. The number of benzene rings is 2. The molecule has 0 unspecified atom stereocenters. The Morgan fingerprint density at radius 3 is 2.71 bits per heavy atom. The monoisotopic (exact) mass is 300 g/mol. The van der Waals surface area contributed by atoms with Crippen molar-refractivity contribution in [2.45, 2.75) is 6.42 Å². The van der Waals surface area contributed by atoms with Crippen molar-refractivity contribution in [3.8, 4) is 11.1 Å². The molecular weight excluding hydrogens is 284 g/mol. The number of nitrogens with zero attached hydrogens (tertiary/aromatic N) is 2. The number of aliphatic imine (C=N–C) groups is 1. The van der Waals surface area contributed by atoms with E-state index in [9.17, 15) is 0 Å². The number of hydrogen-bond donors (Lipinski definition) is 2. The van der Waals surface area contributed by atoms with Crippen LogP contribution in [0.25, 0.3) is 11.1 Å². The van der Waals surface area contributed by atoms with Gasteiger partial charge in [-0.3, -0.25) is 4.99 Å². The fourth-order valence-corrected chi connectivity index (χ4v) is 2.47. The van der Waals surface area contributed by atoms with Gasteiger partial charge in [0.25, 0.3) is 0 Å². The van der Waals surface area contributed by atoms with Crippen LogP contribution in [0.5, 0.6) is 0 Å². The van der Waals surface area contributed by atoms with E-state index in [0.29, 0.717) is 5.96 Å². The lowest BCUT2D eigenvalue weighted by atomic mass is 10.0. The molecule has 0 saturated carbocycles. The fraction of sp³-hybridized carbons (Fsp3) is 0.125. The first-order valence-electron chi connectivity index (χ1n) is 6.50. The largest absolute Gasteiger partial charge is 0.369 e. The van der Waals surface area contributed by atoms with Gasteiger partial charge in [-0.25, -0.2) is 5.43 Å². The normalized spacial score (nSPS) is 12.7. The molecule has 0 radical (unpaired) electrons. The van der Waals surface area contributed by atoms with Crippen molar-refractivity contribution in [2.75, 3.05) is 7.05 Å². The number of fused-ring (bicyclic) bond motifs is 3. The van der Waals surface area contributed by atoms with Gasteiger partial charge in [-0.05, 0) is 40.3 Å². The van der Waals surface area contributed by atoms with Crippen molar-refractivity contribution in [3.05, 3.63) is 59.2 Å². The summed E-state index contributed by atoms with van der Waals surface area (Å²) in [5, 5.41) is 4.06. The highest BCUT2D eigenvalue weighted by Crippen LogP contribution is 2.36. The summed E-state index contributed by atoms with van der Waals surface area (Å²) in [4.78, 5) is 3.77. The van der Waals surface area contributed by atoms with Crippen LogP contribution in [0, 0.1) is 0 Å². The van der Waals surface area contributed by atoms with E-state index < -0.39 is 0 Å². The van der Waals surface area contributed by atoms with E-state index in [4.69, 9.17) is 5.73 Å². The second kappa shape index (κ2) is 6.41. The SMILES string of the molecule is CN=C(N)N/N=C/c1ccc2c(c1)Cc1ccccc1-2.Cl. The summed E-state index contributed by atoms with van der Waals surface area (Å²) >= 11 is 0. The van der Waals surface area contributed by atoms with Gasteiger partial charge in [0.1, 0.15) is 0 Å². The van der Waals surface area contributed by atoms with Crippen molar-refractivity contribution < 1.29 is 0 Å². The van der Waals surface area contributed by atoms with Crippen molar-refractivity contribution in [1.29, 1.82) is 0 Å². The number of nitrogens with one attached hydrogen (secondary N) is 1. The second-order valence-corrected chi connectivity index (χ2v) is 4.73. The standard InChI is InChI=1S/C16H16N4.ClH/c1-18-16(17)20-19-10-11-6-7-15-13(8-11)9-12-4-2-3-5-14(12)15;/h2-8,10H,9H2,1H3,(H3,17,18,20);1H/b19-10+;. The lowest BCUT2D eigenvalue weighted by Gasteiger charge is -2.02. The highest BCUT2D eigenvalue weighted by Gasteiger charge is 2.17. The molecular formula is C16H17ClN4. The molecule has 5 heteroatoms. The van der Waals surface area contributed by atoms with E-state index >= 15 is 0 Å². The van der Waals surface area contributed by atoms with Crippen LogP contribution in [-0.4, -0.2) is 19.2 Å². The van der Waals surface area contributed by atoms with Gasteiger partial charge in [0, 0.05) is 7.05 Å². The van der Waals surface area contributed by atoms with Crippen LogP contribution in [0.15, 0.2) is 52.6 Å². The van der Waals surface area contributed by atoms with Gasteiger partial charge in [-0.15, -0.1) is 12.4 Å². The molecule has 0 fully saturated rings. The van der Waals surface area contributed by atoms with Gasteiger partial charge in [0.2, 0.25) is 5.96 Å². The first kappa shape index (κ1) is 15.1. The molecule has 0 atom stereocenters. The van der Waals surface area contributed by atoms with E-state index in [0.717, 1.165) is 12.0 Å². The predicted molar refractivity (Wildman–Crippen MR) is 90.2 cm³/mol. The topological polar surface area (TPSA) is 62.8 Å². The van der Waals surface area contributed by atoms with Gasteiger partial charge in [-0.2, -0.15) is 5.10 Å². The third-order valence-corrected chi connectivity index (χ3v) is 3.45. The Labute approximate surface area is 130 Å². The van der Waals surface area contributed by atoms with E-state index in [-0.39, 0.29) is 12.4 Å². The zero-order valence-corrected chi connectivity index (χ0v) is 12.5. The summed E-state index contributed by atoms with van der Waals surface area (Å²) < 4.78 is 0. The summed E-state index contributed by atoms with van der Waals surface area (Å²) in [5.41, 5.74) is 14.6. The van der Waals surface area contributed by atoms with Crippen molar-refractivity contribution >= 4 is 24.6 Å².